The Morgan fingerprint density at radius 1 is 1.35 bits per heavy atom. The van der Waals surface area contributed by atoms with Crippen LogP contribution in [0.5, 0.6) is 0 Å². The zero-order valence-electron chi connectivity index (χ0n) is 13.1. The van der Waals surface area contributed by atoms with Crippen LogP contribution in [-0.2, 0) is 16.4 Å². The lowest BCUT2D eigenvalue weighted by molar-refractivity contribution is 0.226. The Kier molecular flexibility index (Phi) is 5.95. The van der Waals surface area contributed by atoms with Gasteiger partial charge in [0.1, 0.15) is 5.82 Å². The maximum absolute atomic E-state index is 12.8. The number of sulfonamides is 1. The summed E-state index contributed by atoms with van der Waals surface area (Å²) in [6.07, 6.45) is 3.27. The summed E-state index contributed by atoms with van der Waals surface area (Å²) in [6, 6.07) is 5.64. The Hall–Kier alpha value is -1.67. The number of amides is 2. The normalized spacial score (nSPS) is 19.3. The topological polar surface area (TPSA) is 78.5 Å². The van der Waals surface area contributed by atoms with Gasteiger partial charge in [-0.25, -0.2) is 21.9 Å². The van der Waals surface area contributed by atoms with Crippen LogP contribution in [0.15, 0.2) is 24.3 Å². The number of carbonyl (C=O) groups excluding carboxylic acids is 1. The molecule has 1 aliphatic heterocycles. The number of nitrogens with zero attached hydrogens (tertiary/aromatic N) is 1. The van der Waals surface area contributed by atoms with Crippen molar-refractivity contribution in [2.45, 2.75) is 25.3 Å². The van der Waals surface area contributed by atoms with Crippen molar-refractivity contribution in [1.29, 1.82) is 0 Å². The van der Waals surface area contributed by atoms with E-state index in [1.165, 1.54) is 22.7 Å². The van der Waals surface area contributed by atoms with E-state index in [1.807, 2.05) is 0 Å². The van der Waals surface area contributed by atoms with Gasteiger partial charge < -0.3 is 10.6 Å². The van der Waals surface area contributed by atoms with Gasteiger partial charge in [-0.3, -0.25) is 0 Å². The third-order valence-electron chi connectivity index (χ3n) is 3.80. The molecule has 0 radical (unpaired) electrons. The molecular weight excluding hydrogens is 321 g/mol. The number of rotatable bonds is 5. The fraction of sp³-hybridized carbons (Fsp3) is 0.533. The number of carbonyl (C=O) groups is 1. The zero-order chi connectivity index (χ0) is 16.9. The van der Waals surface area contributed by atoms with E-state index in [4.69, 9.17) is 0 Å². The van der Waals surface area contributed by atoms with Crippen molar-refractivity contribution in [2.75, 3.05) is 25.9 Å². The fourth-order valence-electron chi connectivity index (χ4n) is 2.57. The van der Waals surface area contributed by atoms with Crippen molar-refractivity contribution in [3.05, 3.63) is 35.6 Å². The number of benzene rings is 1. The quantitative estimate of drug-likeness (QED) is 0.840. The minimum Gasteiger partial charge on any atom is -0.338 e. The lowest BCUT2D eigenvalue weighted by Crippen LogP contribution is -2.51. The first kappa shape index (κ1) is 17.7. The van der Waals surface area contributed by atoms with E-state index in [0.717, 1.165) is 18.4 Å². The predicted molar refractivity (Wildman–Crippen MR) is 86.1 cm³/mol. The Labute approximate surface area is 136 Å². The second-order valence-electron chi connectivity index (χ2n) is 5.74. The summed E-state index contributed by atoms with van der Waals surface area (Å²) in [5.74, 6) is -0.285. The van der Waals surface area contributed by atoms with Crippen LogP contribution in [0.4, 0.5) is 9.18 Å². The minimum atomic E-state index is -3.22. The highest BCUT2D eigenvalue weighted by molar-refractivity contribution is 7.88. The molecule has 1 aliphatic rings. The molecule has 1 aromatic carbocycles. The molecule has 128 valence electrons. The van der Waals surface area contributed by atoms with Crippen LogP contribution in [0.25, 0.3) is 0 Å². The summed E-state index contributed by atoms with van der Waals surface area (Å²) in [5, 5.41) is 5.54. The number of nitrogens with one attached hydrogen (secondary N) is 2. The first-order chi connectivity index (χ1) is 10.8. The molecule has 1 fully saturated rings. The molecule has 0 aromatic heterocycles. The second-order valence-corrected chi connectivity index (χ2v) is 7.72. The molecule has 1 atom stereocenters. The van der Waals surface area contributed by atoms with E-state index in [-0.39, 0.29) is 17.9 Å². The Balaban J connectivity index is 1.73. The summed E-state index contributed by atoms with van der Waals surface area (Å²) in [5.41, 5.74) is 0.938. The first-order valence-electron chi connectivity index (χ1n) is 7.58. The molecule has 1 heterocycles. The third kappa shape index (κ3) is 5.80. The van der Waals surface area contributed by atoms with Crippen LogP contribution in [0.2, 0.25) is 0 Å². The van der Waals surface area contributed by atoms with E-state index in [9.17, 15) is 17.6 Å². The van der Waals surface area contributed by atoms with Crippen LogP contribution in [-0.4, -0.2) is 50.7 Å². The van der Waals surface area contributed by atoms with Crippen LogP contribution in [0, 0.1) is 5.82 Å². The molecule has 0 unspecified atom stereocenters. The fourth-order valence-corrected chi connectivity index (χ4v) is 3.48. The molecule has 2 rings (SSSR count). The summed E-state index contributed by atoms with van der Waals surface area (Å²) in [4.78, 5) is 11.9. The van der Waals surface area contributed by atoms with Gasteiger partial charge in [-0.05, 0) is 37.0 Å². The monoisotopic (exact) mass is 343 g/mol. The van der Waals surface area contributed by atoms with E-state index in [1.54, 1.807) is 12.1 Å². The Morgan fingerprint density at radius 2 is 2.04 bits per heavy atom. The van der Waals surface area contributed by atoms with Crippen molar-refractivity contribution in [3.63, 3.8) is 0 Å². The van der Waals surface area contributed by atoms with Crippen molar-refractivity contribution in [1.82, 2.24) is 14.9 Å². The molecular formula is C15H22FN3O3S. The summed E-state index contributed by atoms with van der Waals surface area (Å²) < 4.78 is 37.3. The number of urea groups is 1. The van der Waals surface area contributed by atoms with Gasteiger partial charge >= 0.3 is 6.03 Å². The molecule has 2 amide bonds. The largest absolute Gasteiger partial charge is 0.338 e. The van der Waals surface area contributed by atoms with Crippen molar-refractivity contribution in [2.24, 2.45) is 0 Å². The summed E-state index contributed by atoms with van der Waals surface area (Å²) in [6.45, 7) is 1.24. The highest BCUT2D eigenvalue weighted by Gasteiger charge is 2.26. The predicted octanol–water partition coefficient (Wildman–Crippen LogP) is 1.09. The molecule has 8 heteroatoms. The average Bonchev–Trinajstić information content (AvgIpc) is 2.49. The van der Waals surface area contributed by atoms with Gasteiger partial charge in [-0.15, -0.1) is 0 Å². The van der Waals surface area contributed by atoms with E-state index in [2.05, 4.69) is 10.6 Å². The molecule has 2 N–H and O–H groups in total. The SMILES string of the molecule is CS(=O)(=O)N1CCC[C@H](NC(=O)NCCc2ccc(F)cc2)C1. The van der Waals surface area contributed by atoms with Crippen LogP contribution in [0.1, 0.15) is 18.4 Å². The molecule has 0 spiro atoms. The molecule has 6 nitrogen and oxygen atoms in total. The van der Waals surface area contributed by atoms with Gasteiger partial charge in [-0.1, -0.05) is 12.1 Å². The highest BCUT2D eigenvalue weighted by atomic mass is 32.2. The molecule has 0 aliphatic carbocycles. The molecule has 0 bridgehead atoms. The van der Waals surface area contributed by atoms with Gasteiger partial charge in [0.05, 0.1) is 6.26 Å². The van der Waals surface area contributed by atoms with Crippen molar-refractivity contribution >= 4 is 16.1 Å². The maximum Gasteiger partial charge on any atom is 0.315 e. The molecule has 1 saturated heterocycles. The third-order valence-corrected chi connectivity index (χ3v) is 5.07. The van der Waals surface area contributed by atoms with Crippen molar-refractivity contribution < 1.29 is 17.6 Å². The lowest BCUT2D eigenvalue weighted by atomic mass is 10.1. The second kappa shape index (κ2) is 7.74. The number of halogens is 1. The number of hydrogen-bond donors (Lipinski definition) is 2. The smallest absolute Gasteiger partial charge is 0.315 e. The molecule has 1 aromatic rings. The number of piperidine rings is 1. The van der Waals surface area contributed by atoms with E-state index < -0.39 is 10.0 Å². The van der Waals surface area contributed by atoms with Gasteiger partial charge in [0, 0.05) is 25.7 Å². The van der Waals surface area contributed by atoms with Crippen LogP contribution < -0.4 is 10.6 Å². The van der Waals surface area contributed by atoms with Crippen LogP contribution >= 0.6 is 0 Å². The number of hydrogen-bond acceptors (Lipinski definition) is 3. The average molecular weight is 343 g/mol. The van der Waals surface area contributed by atoms with E-state index >= 15 is 0 Å². The minimum absolute atomic E-state index is 0.177. The Bertz CT molecular complexity index is 634. The zero-order valence-corrected chi connectivity index (χ0v) is 13.9. The van der Waals surface area contributed by atoms with Gasteiger partial charge in [0.25, 0.3) is 0 Å². The maximum atomic E-state index is 12.8. The standard InChI is InChI=1S/C15H22FN3O3S/c1-23(21,22)19-10-2-3-14(11-19)18-15(20)17-9-8-12-4-6-13(16)7-5-12/h4-7,14H,2-3,8-11H2,1H3,(H2,17,18,20)/t14-/m0/s1. The highest BCUT2D eigenvalue weighted by Crippen LogP contribution is 2.12. The van der Waals surface area contributed by atoms with E-state index in [0.29, 0.717) is 26.1 Å². The lowest BCUT2D eigenvalue weighted by Gasteiger charge is -2.31. The van der Waals surface area contributed by atoms with Gasteiger partial charge in [0.2, 0.25) is 10.0 Å². The molecule has 0 saturated carbocycles. The summed E-state index contributed by atoms with van der Waals surface area (Å²) >= 11 is 0. The Morgan fingerprint density at radius 3 is 2.70 bits per heavy atom. The first-order valence-corrected chi connectivity index (χ1v) is 9.43. The van der Waals surface area contributed by atoms with Gasteiger partial charge in [-0.2, -0.15) is 0 Å². The summed E-state index contributed by atoms with van der Waals surface area (Å²) in [7, 11) is -3.22. The van der Waals surface area contributed by atoms with Crippen molar-refractivity contribution in [3.8, 4) is 0 Å². The molecule has 23 heavy (non-hydrogen) atoms. The van der Waals surface area contributed by atoms with Crippen LogP contribution in [0.3, 0.4) is 0 Å². The van der Waals surface area contributed by atoms with Gasteiger partial charge in [0.15, 0.2) is 0 Å².